The number of anilines is 1. The standard InChI is InChI=1S/C26H25N3O3/c1-5-22(30)28-20-8-6-7-16(14(20)2)17-11-12-19(25(27)31)24-23(17)18-10-9-15(26(3,4)32)13-21(18)29-24/h5-13,29,32H,1H2,2-4H3,(H2,27,31)(H,28,30). The molecule has 6 nitrogen and oxygen atoms in total. The molecule has 32 heavy (non-hydrogen) atoms. The minimum Gasteiger partial charge on any atom is -0.386 e. The molecule has 4 rings (SSSR count). The second kappa shape index (κ2) is 7.66. The number of carbonyl (C=O) groups excluding carboxylic acids is 2. The van der Waals surface area contributed by atoms with Crippen LogP contribution in [0, 0.1) is 6.92 Å². The van der Waals surface area contributed by atoms with Gasteiger partial charge < -0.3 is 21.1 Å². The van der Waals surface area contributed by atoms with Crippen molar-refractivity contribution < 1.29 is 14.7 Å². The van der Waals surface area contributed by atoms with Crippen molar-refractivity contribution in [3.8, 4) is 11.1 Å². The van der Waals surface area contributed by atoms with Crippen LogP contribution in [0.5, 0.6) is 0 Å². The first-order valence-corrected chi connectivity index (χ1v) is 10.3. The summed E-state index contributed by atoms with van der Waals surface area (Å²) >= 11 is 0. The van der Waals surface area contributed by atoms with Crippen LogP contribution in [0.1, 0.15) is 35.3 Å². The largest absolute Gasteiger partial charge is 0.386 e. The fourth-order valence-corrected chi connectivity index (χ4v) is 4.07. The van der Waals surface area contributed by atoms with Gasteiger partial charge in [-0.05, 0) is 67.3 Å². The van der Waals surface area contributed by atoms with Crippen LogP contribution in [0.2, 0.25) is 0 Å². The molecule has 2 amide bonds. The first-order chi connectivity index (χ1) is 15.1. The molecule has 1 heterocycles. The number of aromatic nitrogens is 1. The van der Waals surface area contributed by atoms with Gasteiger partial charge in [-0.1, -0.05) is 36.9 Å². The highest BCUT2D eigenvalue weighted by atomic mass is 16.3. The van der Waals surface area contributed by atoms with Crippen LogP contribution in [-0.2, 0) is 10.4 Å². The Kier molecular flexibility index (Phi) is 5.11. The third-order valence-electron chi connectivity index (χ3n) is 5.79. The number of benzene rings is 3. The lowest BCUT2D eigenvalue weighted by Crippen LogP contribution is -2.14. The van der Waals surface area contributed by atoms with Crippen LogP contribution in [0.15, 0.2) is 61.2 Å². The number of amides is 2. The number of nitrogens with two attached hydrogens (primary N) is 1. The number of carbonyl (C=O) groups is 2. The molecule has 6 heteroatoms. The monoisotopic (exact) mass is 427 g/mol. The number of fused-ring (bicyclic) bond motifs is 3. The number of H-pyrrole nitrogens is 1. The van der Waals surface area contributed by atoms with Crippen molar-refractivity contribution in [3.05, 3.63) is 77.9 Å². The fourth-order valence-electron chi connectivity index (χ4n) is 4.07. The van der Waals surface area contributed by atoms with Crippen molar-refractivity contribution in [2.24, 2.45) is 5.73 Å². The van der Waals surface area contributed by atoms with Gasteiger partial charge in [-0.3, -0.25) is 9.59 Å². The first-order valence-electron chi connectivity index (χ1n) is 10.3. The van der Waals surface area contributed by atoms with Gasteiger partial charge in [-0.2, -0.15) is 0 Å². The Morgan fingerprint density at radius 2 is 1.88 bits per heavy atom. The second-order valence-corrected chi connectivity index (χ2v) is 8.39. The summed E-state index contributed by atoms with van der Waals surface area (Å²) in [5.41, 5.74) is 10.6. The van der Waals surface area contributed by atoms with Crippen molar-refractivity contribution in [3.63, 3.8) is 0 Å². The molecule has 0 aliphatic carbocycles. The molecule has 0 aliphatic heterocycles. The van der Waals surface area contributed by atoms with Crippen LogP contribution < -0.4 is 11.1 Å². The van der Waals surface area contributed by atoms with Gasteiger partial charge in [0.15, 0.2) is 0 Å². The Hall–Kier alpha value is -3.90. The lowest BCUT2D eigenvalue weighted by atomic mass is 9.92. The van der Waals surface area contributed by atoms with Gasteiger partial charge in [-0.25, -0.2) is 0 Å². The van der Waals surface area contributed by atoms with E-state index in [-0.39, 0.29) is 5.91 Å². The molecule has 3 aromatic carbocycles. The normalized spacial score (nSPS) is 11.6. The number of hydrogen-bond donors (Lipinski definition) is 4. The highest BCUT2D eigenvalue weighted by Gasteiger charge is 2.21. The minimum atomic E-state index is -1.00. The summed E-state index contributed by atoms with van der Waals surface area (Å²) in [5, 5.41) is 15.0. The van der Waals surface area contributed by atoms with Crippen LogP contribution in [0.25, 0.3) is 32.9 Å². The summed E-state index contributed by atoms with van der Waals surface area (Å²) in [6, 6.07) is 15.0. The van der Waals surface area contributed by atoms with Gasteiger partial charge in [-0.15, -0.1) is 0 Å². The first kappa shape index (κ1) is 21.3. The molecular formula is C26H25N3O3. The molecule has 1 aromatic heterocycles. The molecular weight excluding hydrogens is 402 g/mol. The Bertz CT molecular complexity index is 1410. The van der Waals surface area contributed by atoms with Gasteiger partial charge in [0, 0.05) is 22.0 Å². The molecule has 5 N–H and O–H groups in total. The SMILES string of the molecule is C=CC(=O)Nc1cccc(-c2ccc(C(N)=O)c3[nH]c4cc(C(C)(C)O)ccc4c23)c1C. The van der Waals surface area contributed by atoms with Crippen molar-refractivity contribution in [1.29, 1.82) is 0 Å². The summed E-state index contributed by atoms with van der Waals surface area (Å²) in [6.45, 7) is 8.89. The van der Waals surface area contributed by atoms with E-state index in [0.717, 1.165) is 38.5 Å². The molecule has 0 aliphatic rings. The molecule has 0 fully saturated rings. The maximum atomic E-state index is 12.1. The lowest BCUT2D eigenvalue weighted by Gasteiger charge is -2.17. The van der Waals surface area contributed by atoms with Gasteiger partial charge >= 0.3 is 0 Å². The average molecular weight is 428 g/mol. The Morgan fingerprint density at radius 1 is 1.12 bits per heavy atom. The predicted molar refractivity (Wildman–Crippen MR) is 129 cm³/mol. The van der Waals surface area contributed by atoms with Crippen LogP contribution in [-0.4, -0.2) is 21.9 Å². The molecule has 0 spiro atoms. The molecule has 0 bridgehead atoms. The molecule has 0 saturated heterocycles. The molecule has 0 radical (unpaired) electrons. The lowest BCUT2D eigenvalue weighted by molar-refractivity contribution is -0.111. The molecule has 0 unspecified atom stereocenters. The zero-order valence-corrected chi connectivity index (χ0v) is 18.2. The highest BCUT2D eigenvalue weighted by molar-refractivity contribution is 6.20. The second-order valence-electron chi connectivity index (χ2n) is 8.39. The summed E-state index contributed by atoms with van der Waals surface area (Å²) in [5.74, 6) is -0.815. The van der Waals surface area contributed by atoms with Crippen molar-refractivity contribution in [2.45, 2.75) is 26.4 Å². The topological polar surface area (TPSA) is 108 Å². The number of primary amides is 1. The molecule has 4 aromatic rings. The maximum absolute atomic E-state index is 12.1. The Balaban J connectivity index is 2.04. The van der Waals surface area contributed by atoms with E-state index in [1.54, 1.807) is 19.9 Å². The Labute approximate surface area is 185 Å². The molecule has 162 valence electrons. The van der Waals surface area contributed by atoms with E-state index in [1.165, 1.54) is 6.08 Å². The van der Waals surface area contributed by atoms with Crippen LogP contribution in [0.3, 0.4) is 0 Å². The number of hydrogen-bond acceptors (Lipinski definition) is 3. The number of aromatic amines is 1. The van der Waals surface area contributed by atoms with E-state index in [4.69, 9.17) is 5.73 Å². The van der Waals surface area contributed by atoms with Gasteiger partial charge in [0.2, 0.25) is 5.91 Å². The fraction of sp³-hybridized carbons (Fsp3) is 0.154. The summed E-state index contributed by atoms with van der Waals surface area (Å²) in [7, 11) is 0. The number of rotatable bonds is 5. The van der Waals surface area contributed by atoms with Gasteiger partial charge in [0.25, 0.3) is 5.91 Å². The van der Waals surface area contributed by atoms with Gasteiger partial charge in [0.1, 0.15) is 0 Å². The van der Waals surface area contributed by atoms with E-state index >= 15 is 0 Å². The smallest absolute Gasteiger partial charge is 0.250 e. The number of nitrogens with one attached hydrogen (secondary N) is 2. The maximum Gasteiger partial charge on any atom is 0.250 e. The van der Waals surface area contributed by atoms with E-state index < -0.39 is 11.5 Å². The quantitative estimate of drug-likeness (QED) is 0.345. The van der Waals surface area contributed by atoms with E-state index in [0.29, 0.717) is 16.8 Å². The van der Waals surface area contributed by atoms with E-state index in [1.807, 2.05) is 49.4 Å². The molecule has 0 saturated carbocycles. The summed E-state index contributed by atoms with van der Waals surface area (Å²) in [6.07, 6.45) is 1.23. The van der Waals surface area contributed by atoms with Crippen molar-refractivity contribution in [2.75, 3.05) is 5.32 Å². The van der Waals surface area contributed by atoms with Crippen LogP contribution >= 0.6 is 0 Å². The highest BCUT2D eigenvalue weighted by Crippen LogP contribution is 2.39. The van der Waals surface area contributed by atoms with E-state index in [9.17, 15) is 14.7 Å². The predicted octanol–water partition coefficient (Wildman–Crippen LogP) is 4.75. The molecule has 0 atom stereocenters. The van der Waals surface area contributed by atoms with Crippen LogP contribution in [0.4, 0.5) is 5.69 Å². The number of aliphatic hydroxyl groups is 1. The Morgan fingerprint density at radius 3 is 2.53 bits per heavy atom. The zero-order chi connectivity index (χ0) is 23.2. The van der Waals surface area contributed by atoms with Crippen molar-refractivity contribution in [1.82, 2.24) is 4.98 Å². The zero-order valence-electron chi connectivity index (χ0n) is 18.2. The summed E-state index contributed by atoms with van der Waals surface area (Å²) in [4.78, 5) is 27.3. The third-order valence-corrected chi connectivity index (χ3v) is 5.79. The van der Waals surface area contributed by atoms with Gasteiger partial charge in [0.05, 0.1) is 16.7 Å². The van der Waals surface area contributed by atoms with E-state index in [2.05, 4.69) is 16.9 Å². The average Bonchev–Trinajstić information content (AvgIpc) is 3.12. The van der Waals surface area contributed by atoms with Crippen molar-refractivity contribution >= 4 is 39.3 Å². The minimum absolute atomic E-state index is 0.286. The summed E-state index contributed by atoms with van der Waals surface area (Å²) < 4.78 is 0. The third kappa shape index (κ3) is 3.55.